The highest BCUT2D eigenvalue weighted by molar-refractivity contribution is 8.00. The highest BCUT2D eigenvalue weighted by atomic mass is 35.5. The summed E-state index contributed by atoms with van der Waals surface area (Å²) < 4.78 is 5.89. The second-order valence-corrected chi connectivity index (χ2v) is 9.86. The molecule has 1 aliphatic rings. The zero-order valence-electron chi connectivity index (χ0n) is 17.3. The van der Waals surface area contributed by atoms with Gasteiger partial charge in [0.05, 0.1) is 11.7 Å². The Morgan fingerprint density at radius 1 is 0.969 bits per heavy atom. The molecule has 3 aromatic rings. The van der Waals surface area contributed by atoms with E-state index in [2.05, 4.69) is 0 Å². The van der Waals surface area contributed by atoms with E-state index in [9.17, 15) is 9.59 Å². The van der Waals surface area contributed by atoms with E-state index in [0.717, 1.165) is 16.0 Å². The normalized spacial score (nSPS) is 17.3. The predicted molar refractivity (Wildman–Crippen MR) is 130 cm³/mol. The lowest BCUT2D eigenvalue weighted by Gasteiger charge is -2.23. The lowest BCUT2D eigenvalue weighted by atomic mass is 9.88. The first-order valence-corrected chi connectivity index (χ1v) is 12.1. The Balaban J connectivity index is 1.64. The van der Waals surface area contributed by atoms with Gasteiger partial charge >= 0.3 is 5.97 Å². The third kappa shape index (κ3) is 4.42. The van der Waals surface area contributed by atoms with Gasteiger partial charge in [0.15, 0.2) is 5.78 Å². The van der Waals surface area contributed by atoms with Crippen LogP contribution in [-0.4, -0.2) is 17.5 Å². The number of Topliss-reactive ketones (excluding diaryl/α,β-unsaturated/α-hetero) is 1. The number of hydrogen-bond acceptors (Lipinski definition) is 4. The molecule has 4 rings (SSSR count). The van der Waals surface area contributed by atoms with Crippen LogP contribution in [0.5, 0.6) is 0 Å². The summed E-state index contributed by atoms with van der Waals surface area (Å²) in [5.74, 6) is -1.11. The van der Waals surface area contributed by atoms with Crippen molar-refractivity contribution in [2.24, 2.45) is 0 Å². The molecule has 2 unspecified atom stereocenters. The number of halogens is 3. The van der Waals surface area contributed by atoms with Crippen molar-refractivity contribution in [2.45, 2.75) is 30.8 Å². The fraction of sp³-hybridized carbons (Fsp3) is 0.200. The SMILES string of the molecule is Cc1c(Cl)cc(C2C(=O)c3ccccc3C2OC(=O)CSc2ccc(Cl)cc2)c(C)c1Cl. The van der Waals surface area contributed by atoms with Crippen LogP contribution >= 0.6 is 46.6 Å². The number of fused-ring (bicyclic) bond motifs is 1. The molecule has 0 bridgehead atoms. The molecule has 0 radical (unpaired) electrons. The smallest absolute Gasteiger partial charge is 0.316 e. The van der Waals surface area contributed by atoms with Gasteiger partial charge in [-0.15, -0.1) is 11.8 Å². The van der Waals surface area contributed by atoms with Crippen molar-refractivity contribution in [1.29, 1.82) is 0 Å². The van der Waals surface area contributed by atoms with Crippen molar-refractivity contribution in [1.82, 2.24) is 0 Å². The van der Waals surface area contributed by atoms with E-state index in [4.69, 9.17) is 39.5 Å². The molecule has 0 saturated heterocycles. The summed E-state index contributed by atoms with van der Waals surface area (Å²) in [6.45, 7) is 3.69. The zero-order chi connectivity index (χ0) is 23.0. The molecule has 0 aliphatic heterocycles. The molecule has 0 heterocycles. The van der Waals surface area contributed by atoms with E-state index in [0.29, 0.717) is 31.8 Å². The zero-order valence-corrected chi connectivity index (χ0v) is 20.4. The molecule has 7 heteroatoms. The van der Waals surface area contributed by atoms with Crippen LogP contribution in [0.2, 0.25) is 15.1 Å². The summed E-state index contributed by atoms with van der Waals surface area (Å²) in [4.78, 5) is 27.0. The summed E-state index contributed by atoms with van der Waals surface area (Å²) in [7, 11) is 0. The third-order valence-corrected chi connectivity index (χ3v) is 7.81. The topological polar surface area (TPSA) is 43.4 Å². The van der Waals surface area contributed by atoms with Crippen LogP contribution in [0.1, 0.15) is 44.6 Å². The van der Waals surface area contributed by atoms with Gasteiger partial charge in [-0.1, -0.05) is 59.1 Å². The molecule has 2 atom stereocenters. The monoisotopic (exact) mass is 504 g/mol. The van der Waals surface area contributed by atoms with Crippen LogP contribution in [0.15, 0.2) is 59.5 Å². The van der Waals surface area contributed by atoms with Gasteiger partial charge in [-0.25, -0.2) is 0 Å². The fourth-order valence-electron chi connectivity index (χ4n) is 3.93. The lowest BCUT2D eigenvalue weighted by Crippen LogP contribution is -2.20. The Bertz CT molecular complexity index is 1210. The first-order valence-electron chi connectivity index (χ1n) is 9.94. The van der Waals surface area contributed by atoms with Crippen molar-refractivity contribution in [3.05, 3.63) is 97.5 Å². The van der Waals surface area contributed by atoms with Crippen molar-refractivity contribution < 1.29 is 14.3 Å². The van der Waals surface area contributed by atoms with Crippen LogP contribution in [0.25, 0.3) is 0 Å². The Hall–Kier alpha value is -1.98. The first-order chi connectivity index (χ1) is 15.3. The molecule has 0 N–H and O–H groups in total. The quantitative estimate of drug-likeness (QED) is 0.264. The van der Waals surface area contributed by atoms with Gasteiger partial charge in [-0.3, -0.25) is 9.59 Å². The van der Waals surface area contributed by atoms with Crippen LogP contribution < -0.4 is 0 Å². The lowest BCUT2D eigenvalue weighted by molar-refractivity contribution is -0.146. The number of rotatable bonds is 5. The summed E-state index contributed by atoms with van der Waals surface area (Å²) in [6, 6.07) is 16.2. The van der Waals surface area contributed by atoms with Gasteiger partial charge in [0, 0.05) is 31.1 Å². The van der Waals surface area contributed by atoms with Crippen LogP contribution in [-0.2, 0) is 9.53 Å². The van der Waals surface area contributed by atoms with E-state index in [1.165, 1.54) is 11.8 Å². The third-order valence-electron chi connectivity index (χ3n) is 5.61. The van der Waals surface area contributed by atoms with Crippen LogP contribution in [0.4, 0.5) is 0 Å². The number of carbonyl (C=O) groups excluding carboxylic acids is 2. The van der Waals surface area contributed by atoms with Crippen molar-refractivity contribution >= 4 is 58.3 Å². The molecule has 0 spiro atoms. The number of carbonyl (C=O) groups is 2. The maximum atomic E-state index is 13.4. The Kier molecular flexibility index (Phi) is 6.87. The number of thioether (sulfide) groups is 1. The van der Waals surface area contributed by atoms with E-state index in [1.54, 1.807) is 30.3 Å². The minimum atomic E-state index is -0.745. The highest BCUT2D eigenvalue weighted by Crippen LogP contribution is 2.47. The van der Waals surface area contributed by atoms with Gasteiger partial charge in [-0.05, 0) is 60.9 Å². The first kappa shape index (κ1) is 23.2. The number of ketones is 1. The Morgan fingerprint density at radius 2 is 1.66 bits per heavy atom. The number of benzene rings is 3. The number of hydrogen-bond donors (Lipinski definition) is 0. The second kappa shape index (κ2) is 9.48. The Morgan fingerprint density at radius 3 is 2.38 bits per heavy atom. The van der Waals surface area contributed by atoms with Crippen molar-refractivity contribution in [2.75, 3.05) is 5.75 Å². The molecular weight excluding hydrogens is 487 g/mol. The molecule has 0 fully saturated rings. The average Bonchev–Trinajstić information content (AvgIpc) is 3.06. The van der Waals surface area contributed by atoms with E-state index in [-0.39, 0.29) is 11.5 Å². The fourth-order valence-corrected chi connectivity index (χ4v) is 5.21. The van der Waals surface area contributed by atoms with Gasteiger partial charge < -0.3 is 4.74 Å². The van der Waals surface area contributed by atoms with Gasteiger partial charge in [-0.2, -0.15) is 0 Å². The molecule has 1 aliphatic carbocycles. The molecule has 0 amide bonds. The summed E-state index contributed by atoms with van der Waals surface area (Å²) in [6.07, 6.45) is -0.745. The van der Waals surface area contributed by atoms with E-state index in [1.807, 2.05) is 38.1 Å². The van der Waals surface area contributed by atoms with Gasteiger partial charge in [0.1, 0.15) is 6.10 Å². The maximum Gasteiger partial charge on any atom is 0.316 e. The van der Waals surface area contributed by atoms with E-state index < -0.39 is 18.0 Å². The molecule has 3 nitrogen and oxygen atoms in total. The average molecular weight is 506 g/mol. The van der Waals surface area contributed by atoms with Gasteiger partial charge in [0.2, 0.25) is 0 Å². The molecule has 0 saturated carbocycles. The minimum absolute atomic E-state index is 0.107. The summed E-state index contributed by atoms with van der Waals surface area (Å²) >= 11 is 20.2. The highest BCUT2D eigenvalue weighted by Gasteiger charge is 2.44. The standard InChI is InChI=1S/C25H19Cl3O3S/c1-13-19(11-20(27)14(2)23(13)28)22-24(30)17-5-3-4-6-18(17)25(22)31-21(29)12-32-16-9-7-15(26)8-10-16/h3-11,22,25H,12H2,1-2H3. The molecule has 32 heavy (non-hydrogen) atoms. The molecular formula is C25H19Cl3O3S. The summed E-state index contributed by atoms with van der Waals surface area (Å²) in [5.41, 5.74) is 3.43. The maximum absolute atomic E-state index is 13.4. The largest absolute Gasteiger partial charge is 0.456 e. The molecule has 164 valence electrons. The van der Waals surface area contributed by atoms with Crippen LogP contribution in [0.3, 0.4) is 0 Å². The molecule has 0 aromatic heterocycles. The number of ether oxygens (including phenoxy) is 1. The predicted octanol–water partition coefficient (Wildman–Crippen LogP) is 7.62. The van der Waals surface area contributed by atoms with Gasteiger partial charge in [0.25, 0.3) is 0 Å². The molecule has 3 aromatic carbocycles. The van der Waals surface area contributed by atoms with E-state index >= 15 is 0 Å². The van der Waals surface area contributed by atoms with Crippen molar-refractivity contribution in [3.63, 3.8) is 0 Å². The Labute approximate surface area is 206 Å². The summed E-state index contributed by atoms with van der Waals surface area (Å²) in [5, 5.41) is 1.62. The number of esters is 1. The second-order valence-electron chi connectivity index (χ2n) is 7.59. The minimum Gasteiger partial charge on any atom is -0.456 e. The van der Waals surface area contributed by atoms with Crippen LogP contribution in [0, 0.1) is 13.8 Å². The van der Waals surface area contributed by atoms with Crippen molar-refractivity contribution in [3.8, 4) is 0 Å².